The third-order valence-electron chi connectivity index (χ3n) is 5.34. The smallest absolute Gasteiger partial charge is 0.231 e. The standard InChI is InChI=1S/C17H18IN3O2/c1-9-20-13-11(15(21-9)23-18)5-6-12-16(2,3)14(22)10(8-19)7-17(12,13)4/h7,12H,5-6H2,1-4H3/t12-,17-/m0/s1. The minimum atomic E-state index is -0.587. The summed E-state index contributed by atoms with van der Waals surface area (Å²) >= 11 is 1.84. The highest BCUT2D eigenvalue weighted by atomic mass is 127. The van der Waals surface area contributed by atoms with E-state index in [1.807, 2.05) is 49.9 Å². The number of fused-ring (bicyclic) bond motifs is 3. The Labute approximate surface area is 149 Å². The van der Waals surface area contributed by atoms with E-state index in [0.29, 0.717) is 11.7 Å². The Morgan fingerprint density at radius 1 is 1.39 bits per heavy atom. The predicted molar refractivity (Wildman–Crippen MR) is 93.1 cm³/mol. The van der Waals surface area contributed by atoms with Crippen molar-refractivity contribution in [2.45, 2.75) is 46.0 Å². The highest BCUT2D eigenvalue weighted by molar-refractivity contribution is 14.1. The fourth-order valence-electron chi connectivity index (χ4n) is 4.29. The van der Waals surface area contributed by atoms with Crippen molar-refractivity contribution in [2.24, 2.45) is 11.3 Å². The second-order valence-corrected chi connectivity index (χ2v) is 7.52. The van der Waals surface area contributed by atoms with Crippen molar-refractivity contribution in [3.8, 4) is 11.9 Å². The molecule has 0 unspecified atom stereocenters. The van der Waals surface area contributed by atoms with Crippen LogP contribution in [0.3, 0.4) is 0 Å². The summed E-state index contributed by atoms with van der Waals surface area (Å²) in [4.78, 5) is 21.7. The maximum atomic E-state index is 12.6. The molecule has 0 N–H and O–H groups in total. The van der Waals surface area contributed by atoms with Crippen molar-refractivity contribution in [3.05, 3.63) is 28.7 Å². The van der Waals surface area contributed by atoms with Gasteiger partial charge in [-0.15, -0.1) is 0 Å². The van der Waals surface area contributed by atoms with Crippen LogP contribution in [0.5, 0.6) is 5.88 Å². The van der Waals surface area contributed by atoms with Gasteiger partial charge in [-0.1, -0.05) is 26.8 Å². The van der Waals surface area contributed by atoms with Crippen molar-refractivity contribution in [2.75, 3.05) is 0 Å². The van der Waals surface area contributed by atoms with Crippen LogP contribution in [0, 0.1) is 29.6 Å². The predicted octanol–water partition coefficient (Wildman–Crippen LogP) is 3.39. The van der Waals surface area contributed by atoms with E-state index in [1.54, 1.807) is 0 Å². The summed E-state index contributed by atoms with van der Waals surface area (Å²) < 4.78 is 5.41. The molecule has 3 rings (SSSR count). The van der Waals surface area contributed by atoms with E-state index in [2.05, 4.69) is 23.0 Å². The molecule has 1 aromatic rings. The van der Waals surface area contributed by atoms with Crippen LogP contribution in [0.2, 0.25) is 0 Å². The molecular formula is C17H18IN3O2. The van der Waals surface area contributed by atoms with E-state index in [9.17, 15) is 10.1 Å². The largest absolute Gasteiger partial charge is 0.408 e. The van der Waals surface area contributed by atoms with E-state index in [0.717, 1.165) is 24.1 Å². The van der Waals surface area contributed by atoms with Crippen LogP contribution in [-0.2, 0) is 16.6 Å². The molecule has 1 heterocycles. The molecule has 2 atom stereocenters. The number of halogens is 1. The summed E-state index contributed by atoms with van der Waals surface area (Å²) in [5.74, 6) is 1.26. The summed E-state index contributed by atoms with van der Waals surface area (Å²) in [5, 5.41) is 9.40. The van der Waals surface area contributed by atoms with Gasteiger partial charge in [0.25, 0.3) is 0 Å². The monoisotopic (exact) mass is 423 g/mol. The van der Waals surface area contributed by atoms with Crippen molar-refractivity contribution >= 4 is 28.8 Å². The van der Waals surface area contributed by atoms with Gasteiger partial charge in [-0.3, -0.25) is 4.79 Å². The molecule has 5 nitrogen and oxygen atoms in total. The molecule has 0 radical (unpaired) electrons. The van der Waals surface area contributed by atoms with Crippen LogP contribution in [0.25, 0.3) is 0 Å². The first-order chi connectivity index (χ1) is 10.8. The van der Waals surface area contributed by atoms with Crippen LogP contribution in [0.4, 0.5) is 0 Å². The Hall–Kier alpha value is -1.49. The first kappa shape index (κ1) is 16.4. The van der Waals surface area contributed by atoms with Gasteiger partial charge in [-0.25, -0.2) is 4.98 Å². The van der Waals surface area contributed by atoms with Crippen LogP contribution in [0.1, 0.15) is 44.3 Å². The molecule has 2 aliphatic carbocycles. The zero-order valence-corrected chi connectivity index (χ0v) is 15.8. The van der Waals surface area contributed by atoms with E-state index >= 15 is 0 Å². The van der Waals surface area contributed by atoms with Gasteiger partial charge in [0, 0.05) is 16.4 Å². The Morgan fingerprint density at radius 3 is 2.70 bits per heavy atom. The molecule has 120 valence electrons. The van der Waals surface area contributed by atoms with E-state index < -0.39 is 10.8 Å². The molecule has 0 aliphatic heterocycles. The van der Waals surface area contributed by atoms with E-state index in [-0.39, 0.29) is 17.3 Å². The third kappa shape index (κ3) is 2.20. The average Bonchev–Trinajstić information content (AvgIpc) is 2.51. The van der Waals surface area contributed by atoms with Gasteiger partial charge in [-0.2, -0.15) is 10.2 Å². The molecule has 0 saturated carbocycles. The van der Waals surface area contributed by atoms with Gasteiger partial charge in [0.15, 0.2) is 28.8 Å². The Balaban J connectivity index is 2.32. The second kappa shape index (κ2) is 5.26. The van der Waals surface area contributed by atoms with Gasteiger partial charge in [0.1, 0.15) is 11.9 Å². The van der Waals surface area contributed by atoms with Gasteiger partial charge >= 0.3 is 0 Å². The number of nitriles is 1. The number of allylic oxidation sites excluding steroid dienone is 2. The van der Waals surface area contributed by atoms with Gasteiger partial charge in [0.05, 0.1) is 11.3 Å². The number of nitrogens with zero attached hydrogens (tertiary/aromatic N) is 3. The van der Waals surface area contributed by atoms with Crippen molar-refractivity contribution < 1.29 is 7.86 Å². The van der Waals surface area contributed by atoms with Crippen LogP contribution < -0.4 is 3.07 Å². The number of Topliss-reactive ketones (excluding diaryl/α,β-unsaturated/α-hetero) is 1. The summed E-state index contributed by atoms with van der Waals surface area (Å²) in [6.45, 7) is 7.79. The summed E-state index contributed by atoms with van der Waals surface area (Å²) in [6, 6.07) is 2.08. The molecule has 0 fully saturated rings. The first-order valence-electron chi connectivity index (χ1n) is 7.60. The molecule has 23 heavy (non-hydrogen) atoms. The fourth-order valence-corrected chi connectivity index (χ4v) is 4.66. The lowest BCUT2D eigenvalue weighted by Gasteiger charge is -2.50. The zero-order chi connectivity index (χ0) is 17.0. The number of aromatic nitrogens is 2. The number of hydrogen-bond donors (Lipinski definition) is 0. The highest BCUT2D eigenvalue weighted by Crippen LogP contribution is 2.55. The normalized spacial score (nSPS) is 28.3. The van der Waals surface area contributed by atoms with Crippen LogP contribution in [0.15, 0.2) is 11.6 Å². The maximum Gasteiger partial charge on any atom is 0.231 e. The average molecular weight is 423 g/mol. The quantitative estimate of drug-likeness (QED) is 0.648. The van der Waals surface area contributed by atoms with Gasteiger partial charge in [0.2, 0.25) is 5.88 Å². The lowest BCUT2D eigenvalue weighted by atomic mass is 9.52. The molecule has 1 aromatic heterocycles. The van der Waals surface area contributed by atoms with E-state index in [4.69, 9.17) is 3.07 Å². The topological polar surface area (TPSA) is 75.9 Å². The van der Waals surface area contributed by atoms with E-state index in [1.165, 1.54) is 0 Å². The lowest BCUT2D eigenvalue weighted by Crippen LogP contribution is -2.51. The number of carbonyl (C=O) groups is 1. The number of carbonyl (C=O) groups excluding carboxylic acids is 1. The lowest BCUT2D eigenvalue weighted by molar-refractivity contribution is -0.128. The van der Waals surface area contributed by atoms with Crippen molar-refractivity contribution in [1.29, 1.82) is 5.26 Å². The zero-order valence-electron chi connectivity index (χ0n) is 13.6. The van der Waals surface area contributed by atoms with Gasteiger partial charge in [-0.05, 0) is 25.7 Å². The Kier molecular flexibility index (Phi) is 3.75. The minimum Gasteiger partial charge on any atom is -0.408 e. The third-order valence-corrected chi connectivity index (χ3v) is 5.75. The van der Waals surface area contributed by atoms with Gasteiger partial charge < -0.3 is 3.07 Å². The summed E-state index contributed by atoms with van der Waals surface area (Å²) in [6.07, 6.45) is 3.43. The number of hydrogen-bond acceptors (Lipinski definition) is 5. The first-order valence-corrected chi connectivity index (χ1v) is 8.48. The minimum absolute atomic E-state index is 0.0675. The number of ketones is 1. The van der Waals surface area contributed by atoms with Crippen LogP contribution in [-0.4, -0.2) is 15.8 Å². The van der Waals surface area contributed by atoms with Crippen LogP contribution >= 0.6 is 23.0 Å². The second-order valence-electron chi connectivity index (χ2n) is 7.07. The SMILES string of the molecule is Cc1nc(OI)c2c(n1)[C@@]1(C)C=C(C#N)C(=O)C(C)(C)[C@@H]1CC2. The summed E-state index contributed by atoms with van der Waals surface area (Å²) in [5.41, 5.74) is 1.06. The Morgan fingerprint density at radius 2 is 2.09 bits per heavy atom. The molecule has 6 heteroatoms. The number of rotatable bonds is 1. The maximum absolute atomic E-state index is 12.6. The molecule has 0 bridgehead atoms. The molecule has 0 saturated heterocycles. The highest BCUT2D eigenvalue weighted by Gasteiger charge is 2.55. The number of aryl methyl sites for hydroxylation is 1. The van der Waals surface area contributed by atoms with Crippen molar-refractivity contribution in [3.63, 3.8) is 0 Å². The molecule has 0 amide bonds. The fraction of sp³-hybridized carbons (Fsp3) is 0.529. The summed E-state index contributed by atoms with van der Waals surface area (Å²) in [7, 11) is 0. The van der Waals surface area contributed by atoms with Crippen molar-refractivity contribution in [1.82, 2.24) is 9.97 Å². The molecule has 0 spiro atoms. The molecule has 0 aromatic carbocycles. The Bertz CT molecular complexity index is 779. The molecule has 2 aliphatic rings. The molecular weight excluding hydrogens is 405 g/mol.